The predicted octanol–water partition coefficient (Wildman–Crippen LogP) is 2.77. The maximum atomic E-state index is 13.3. The van der Waals surface area contributed by atoms with Crippen LogP contribution in [-0.2, 0) is 5.33 Å². The first-order valence-corrected chi connectivity index (χ1v) is 5.05. The van der Waals surface area contributed by atoms with Crippen molar-refractivity contribution >= 4 is 15.9 Å². The van der Waals surface area contributed by atoms with Gasteiger partial charge in [0.1, 0.15) is 12.0 Å². The van der Waals surface area contributed by atoms with E-state index < -0.39 is 5.95 Å². The van der Waals surface area contributed by atoms with E-state index in [0.29, 0.717) is 16.6 Å². The number of rotatable bonds is 2. The Hall–Kier alpha value is -1.23. The van der Waals surface area contributed by atoms with Gasteiger partial charge in [-0.05, 0) is 12.1 Å². The molecule has 5 heteroatoms. The summed E-state index contributed by atoms with van der Waals surface area (Å²) in [6.45, 7) is 0. The molecule has 2 rings (SSSR count). The predicted molar refractivity (Wildman–Crippen MR) is 52.3 cm³/mol. The SMILES string of the molecule is Fc1ncccc1-c1nocc1CBr. The smallest absolute Gasteiger partial charge is 0.222 e. The Balaban J connectivity index is 2.54. The summed E-state index contributed by atoms with van der Waals surface area (Å²) < 4.78 is 18.0. The van der Waals surface area contributed by atoms with Gasteiger partial charge in [0.15, 0.2) is 0 Å². The van der Waals surface area contributed by atoms with Crippen LogP contribution >= 0.6 is 15.9 Å². The highest BCUT2D eigenvalue weighted by Gasteiger charge is 2.13. The van der Waals surface area contributed by atoms with Crippen molar-refractivity contribution in [2.75, 3.05) is 0 Å². The summed E-state index contributed by atoms with van der Waals surface area (Å²) in [5, 5.41) is 4.30. The summed E-state index contributed by atoms with van der Waals surface area (Å²) in [5.74, 6) is -0.538. The van der Waals surface area contributed by atoms with Gasteiger partial charge in [-0.15, -0.1) is 0 Å². The third-order valence-corrected chi connectivity index (χ3v) is 2.41. The van der Waals surface area contributed by atoms with E-state index in [2.05, 4.69) is 26.1 Å². The first-order valence-electron chi connectivity index (χ1n) is 3.93. The topological polar surface area (TPSA) is 38.9 Å². The number of nitrogens with zero attached hydrogens (tertiary/aromatic N) is 2. The number of aromatic nitrogens is 2. The number of pyridine rings is 1. The van der Waals surface area contributed by atoms with Gasteiger partial charge in [-0.2, -0.15) is 4.39 Å². The maximum absolute atomic E-state index is 13.3. The molecule has 0 radical (unpaired) electrons. The van der Waals surface area contributed by atoms with Gasteiger partial charge in [-0.3, -0.25) is 0 Å². The molecule has 0 N–H and O–H groups in total. The first-order chi connectivity index (χ1) is 6.83. The minimum Gasteiger partial charge on any atom is -0.364 e. The quantitative estimate of drug-likeness (QED) is 0.613. The Morgan fingerprint density at radius 2 is 2.36 bits per heavy atom. The highest BCUT2D eigenvalue weighted by molar-refractivity contribution is 9.08. The van der Waals surface area contributed by atoms with E-state index in [1.165, 1.54) is 12.5 Å². The zero-order chi connectivity index (χ0) is 9.97. The largest absolute Gasteiger partial charge is 0.364 e. The van der Waals surface area contributed by atoms with Gasteiger partial charge in [0.25, 0.3) is 0 Å². The average molecular weight is 257 g/mol. The van der Waals surface area contributed by atoms with Crippen molar-refractivity contribution in [3.8, 4) is 11.3 Å². The molecule has 0 aliphatic heterocycles. The van der Waals surface area contributed by atoms with E-state index in [9.17, 15) is 4.39 Å². The Kier molecular flexibility index (Phi) is 2.58. The summed E-state index contributed by atoms with van der Waals surface area (Å²) >= 11 is 3.27. The second-order valence-electron chi connectivity index (χ2n) is 2.66. The molecule has 0 unspecified atom stereocenters. The highest BCUT2D eigenvalue weighted by atomic mass is 79.9. The van der Waals surface area contributed by atoms with Crippen molar-refractivity contribution in [2.45, 2.75) is 5.33 Å². The molecule has 2 heterocycles. The molecule has 0 aliphatic rings. The molecule has 0 amide bonds. The fourth-order valence-electron chi connectivity index (χ4n) is 1.14. The van der Waals surface area contributed by atoms with E-state index in [4.69, 9.17) is 4.52 Å². The lowest BCUT2D eigenvalue weighted by Crippen LogP contribution is -1.90. The number of hydrogen-bond donors (Lipinski definition) is 0. The monoisotopic (exact) mass is 256 g/mol. The second kappa shape index (κ2) is 3.88. The third-order valence-electron chi connectivity index (χ3n) is 1.80. The van der Waals surface area contributed by atoms with Gasteiger partial charge in [0, 0.05) is 17.1 Å². The van der Waals surface area contributed by atoms with Crippen molar-refractivity contribution in [1.29, 1.82) is 0 Å². The second-order valence-corrected chi connectivity index (χ2v) is 3.22. The van der Waals surface area contributed by atoms with Crippen LogP contribution in [0.25, 0.3) is 11.3 Å². The highest BCUT2D eigenvalue weighted by Crippen LogP contribution is 2.24. The van der Waals surface area contributed by atoms with Crippen LogP contribution in [0.3, 0.4) is 0 Å². The molecule has 0 bridgehead atoms. The Bertz CT molecular complexity index is 444. The minimum atomic E-state index is -0.538. The summed E-state index contributed by atoms with van der Waals surface area (Å²) in [4.78, 5) is 3.55. The molecule has 0 aliphatic carbocycles. The van der Waals surface area contributed by atoms with Crippen molar-refractivity contribution < 1.29 is 8.91 Å². The van der Waals surface area contributed by atoms with Gasteiger partial charge in [-0.1, -0.05) is 21.1 Å². The lowest BCUT2D eigenvalue weighted by molar-refractivity contribution is 0.421. The summed E-state index contributed by atoms with van der Waals surface area (Å²) in [7, 11) is 0. The molecule has 0 atom stereocenters. The van der Waals surface area contributed by atoms with Crippen LogP contribution < -0.4 is 0 Å². The molecule has 0 aromatic carbocycles. The van der Waals surface area contributed by atoms with Crippen LogP contribution in [0.15, 0.2) is 29.1 Å². The lowest BCUT2D eigenvalue weighted by Gasteiger charge is -1.98. The summed E-state index contributed by atoms with van der Waals surface area (Å²) in [6.07, 6.45) is 2.88. The molecule has 0 saturated heterocycles. The van der Waals surface area contributed by atoms with Crippen LogP contribution in [0, 0.1) is 5.95 Å². The Morgan fingerprint density at radius 3 is 3.07 bits per heavy atom. The number of hydrogen-bond acceptors (Lipinski definition) is 3. The molecule has 0 fully saturated rings. The molecule has 3 nitrogen and oxygen atoms in total. The lowest BCUT2D eigenvalue weighted by atomic mass is 10.1. The zero-order valence-electron chi connectivity index (χ0n) is 7.08. The van der Waals surface area contributed by atoms with Crippen LogP contribution in [0.2, 0.25) is 0 Å². The Morgan fingerprint density at radius 1 is 1.50 bits per heavy atom. The van der Waals surface area contributed by atoms with Crippen molar-refractivity contribution in [3.05, 3.63) is 36.1 Å². The fourth-order valence-corrected chi connectivity index (χ4v) is 1.53. The van der Waals surface area contributed by atoms with Crippen LogP contribution in [-0.4, -0.2) is 10.1 Å². The van der Waals surface area contributed by atoms with E-state index in [0.717, 1.165) is 5.56 Å². The molecule has 2 aromatic rings. The van der Waals surface area contributed by atoms with Gasteiger partial charge in [0.05, 0.1) is 5.56 Å². The van der Waals surface area contributed by atoms with Crippen LogP contribution in [0.4, 0.5) is 4.39 Å². The molecule has 0 saturated carbocycles. The summed E-state index contributed by atoms with van der Waals surface area (Å²) in [6, 6.07) is 3.28. The van der Waals surface area contributed by atoms with Crippen molar-refractivity contribution in [1.82, 2.24) is 10.1 Å². The van der Waals surface area contributed by atoms with Gasteiger partial charge < -0.3 is 4.52 Å². The van der Waals surface area contributed by atoms with E-state index in [-0.39, 0.29) is 0 Å². The fraction of sp³-hybridized carbons (Fsp3) is 0.111. The van der Waals surface area contributed by atoms with E-state index in [1.807, 2.05) is 0 Å². The zero-order valence-corrected chi connectivity index (χ0v) is 8.66. The van der Waals surface area contributed by atoms with Crippen LogP contribution in [0.1, 0.15) is 5.56 Å². The molecule has 0 spiro atoms. The molecule has 14 heavy (non-hydrogen) atoms. The van der Waals surface area contributed by atoms with Gasteiger partial charge in [-0.25, -0.2) is 4.98 Å². The number of halogens is 2. The third kappa shape index (κ3) is 1.55. The Labute approximate surface area is 88.1 Å². The van der Waals surface area contributed by atoms with Crippen LogP contribution in [0.5, 0.6) is 0 Å². The van der Waals surface area contributed by atoms with E-state index in [1.54, 1.807) is 12.1 Å². The first kappa shape index (κ1) is 9.33. The number of alkyl halides is 1. The standard InChI is InChI=1S/C9H6BrFN2O/c10-4-6-5-14-13-8(6)7-2-1-3-12-9(7)11/h1-3,5H,4H2. The van der Waals surface area contributed by atoms with Gasteiger partial charge >= 0.3 is 0 Å². The van der Waals surface area contributed by atoms with Crippen molar-refractivity contribution in [2.24, 2.45) is 0 Å². The van der Waals surface area contributed by atoms with E-state index >= 15 is 0 Å². The molecular formula is C9H6BrFN2O. The minimum absolute atomic E-state index is 0.357. The molecular weight excluding hydrogens is 251 g/mol. The molecule has 72 valence electrons. The van der Waals surface area contributed by atoms with Crippen molar-refractivity contribution in [3.63, 3.8) is 0 Å². The average Bonchev–Trinajstić information content (AvgIpc) is 2.66. The normalized spacial score (nSPS) is 10.4. The molecule has 2 aromatic heterocycles. The summed E-state index contributed by atoms with van der Waals surface area (Å²) in [5.41, 5.74) is 1.65. The maximum Gasteiger partial charge on any atom is 0.222 e. The van der Waals surface area contributed by atoms with Gasteiger partial charge in [0.2, 0.25) is 5.95 Å².